The molecule has 10 nitrogen and oxygen atoms in total. The zero-order chi connectivity index (χ0) is 23.6. The third kappa shape index (κ3) is 2.33. The van der Waals surface area contributed by atoms with Crippen molar-refractivity contribution in [3.8, 4) is 0 Å². The Hall–Kier alpha value is -2.86. The summed E-state index contributed by atoms with van der Waals surface area (Å²) >= 11 is 0. The fourth-order valence-corrected chi connectivity index (χ4v) is 5.66. The highest BCUT2D eigenvalue weighted by molar-refractivity contribution is 5.91. The lowest BCUT2D eigenvalue weighted by Gasteiger charge is -2.80. The Bertz CT molecular complexity index is 1100. The van der Waals surface area contributed by atoms with E-state index in [0.29, 0.717) is 0 Å². The van der Waals surface area contributed by atoms with E-state index >= 15 is 0 Å². The van der Waals surface area contributed by atoms with Crippen LogP contribution in [0.1, 0.15) is 43.7 Å². The van der Waals surface area contributed by atoms with Crippen molar-refractivity contribution in [1.29, 1.82) is 0 Å². The average molecular weight is 446 g/mol. The minimum absolute atomic E-state index is 0.104. The van der Waals surface area contributed by atoms with Crippen LogP contribution >= 0.6 is 0 Å². The van der Waals surface area contributed by atoms with Crippen molar-refractivity contribution in [3.05, 3.63) is 70.8 Å². The van der Waals surface area contributed by atoms with Crippen molar-refractivity contribution >= 4 is 11.9 Å². The lowest BCUT2D eigenvalue weighted by Crippen LogP contribution is -2.99. The Morgan fingerprint density at radius 2 is 1.34 bits per heavy atom. The molecule has 0 amide bonds. The molecule has 32 heavy (non-hydrogen) atoms. The number of benzene rings is 2. The molecule has 0 aromatic heterocycles. The zero-order valence-electron chi connectivity index (χ0n) is 16.5. The third-order valence-electron chi connectivity index (χ3n) is 7.03. The highest BCUT2D eigenvalue weighted by Gasteiger charge is 2.94. The highest BCUT2D eigenvalue weighted by atomic mass is 16.5. The van der Waals surface area contributed by atoms with Crippen molar-refractivity contribution in [3.63, 3.8) is 0 Å². The van der Waals surface area contributed by atoms with E-state index in [4.69, 9.17) is 0 Å². The van der Waals surface area contributed by atoms with Gasteiger partial charge in [0.15, 0.2) is 0 Å². The Morgan fingerprint density at radius 1 is 0.875 bits per heavy atom. The molecule has 2 saturated carbocycles. The molecule has 2 aliphatic carbocycles. The van der Waals surface area contributed by atoms with Crippen molar-refractivity contribution in [1.82, 2.24) is 0 Å². The van der Waals surface area contributed by atoms with Gasteiger partial charge in [-0.25, -0.2) is 9.59 Å². The molecule has 0 aliphatic heterocycles. The summed E-state index contributed by atoms with van der Waals surface area (Å²) < 4.78 is 0. The molecule has 2 aromatic rings. The van der Waals surface area contributed by atoms with Crippen LogP contribution in [0, 0.1) is 0 Å². The van der Waals surface area contributed by atoms with E-state index in [1.807, 2.05) is 0 Å². The summed E-state index contributed by atoms with van der Waals surface area (Å²) in [5, 5.41) is 84.5. The van der Waals surface area contributed by atoms with Crippen LogP contribution in [0.15, 0.2) is 48.5 Å². The molecule has 2 aromatic carbocycles. The van der Waals surface area contributed by atoms with E-state index in [-0.39, 0.29) is 22.3 Å². The fourth-order valence-electron chi connectivity index (χ4n) is 5.66. The van der Waals surface area contributed by atoms with Gasteiger partial charge in [0.05, 0.1) is 29.8 Å². The second-order valence-corrected chi connectivity index (χ2v) is 8.26. The van der Waals surface area contributed by atoms with Gasteiger partial charge >= 0.3 is 11.9 Å². The topological polar surface area (TPSA) is 196 Å². The standard InChI is InChI=1S/C22H22O10/c23-9-14(24)20(30)16(11-6-2-4-8-13(11)19(28)29)21(31)17(25)15(22(20,21)32)10-5-1-3-7-12(10)18(26)27/h1-8,14-17,23-25,30-32H,9H2,(H,26,27)(H,28,29)/t14-,15?,16?,17?,20+,21+,22+/m1/s1. The van der Waals surface area contributed by atoms with E-state index in [1.165, 1.54) is 48.5 Å². The largest absolute Gasteiger partial charge is 0.478 e. The molecule has 10 heteroatoms. The first-order chi connectivity index (χ1) is 15.0. The van der Waals surface area contributed by atoms with E-state index in [0.717, 1.165) is 0 Å². The highest BCUT2D eigenvalue weighted by Crippen LogP contribution is 2.75. The van der Waals surface area contributed by atoms with Crippen LogP contribution in [0.5, 0.6) is 0 Å². The molecule has 4 rings (SSSR count). The first-order valence-electron chi connectivity index (χ1n) is 9.78. The zero-order valence-corrected chi connectivity index (χ0v) is 16.5. The number of hydrogen-bond acceptors (Lipinski definition) is 8. The van der Waals surface area contributed by atoms with E-state index in [9.17, 15) is 50.4 Å². The Labute approximate surface area is 181 Å². The normalized spacial score (nSPS) is 36.4. The lowest BCUT2D eigenvalue weighted by atomic mass is 9.30. The molecule has 2 aliphatic rings. The van der Waals surface area contributed by atoms with Crippen LogP contribution in [-0.2, 0) is 0 Å². The number of aliphatic hydroxyl groups excluding tert-OH is 3. The molecule has 8 N–H and O–H groups in total. The van der Waals surface area contributed by atoms with E-state index in [2.05, 4.69) is 0 Å². The van der Waals surface area contributed by atoms with Gasteiger partial charge in [0.1, 0.15) is 22.9 Å². The molecule has 0 heterocycles. The predicted molar refractivity (Wildman–Crippen MR) is 106 cm³/mol. The van der Waals surface area contributed by atoms with E-state index in [1.54, 1.807) is 0 Å². The molecule has 0 bridgehead atoms. The van der Waals surface area contributed by atoms with Crippen LogP contribution in [0.4, 0.5) is 0 Å². The van der Waals surface area contributed by atoms with Gasteiger partial charge in [-0.2, -0.15) is 0 Å². The molecular formula is C22H22O10. The Kier molecular flexibility index (Phi) is 4.94. The Balaban J connectivity index is 1.94. The second-order valence-electron chi connectivity index (χ2n) is 8.26. The summed E-state index contributed by atoms with van der Waals surface area (Å²) in [4.78, 5) is 23.4. The number of rotatable bonds is 6. The van der Waals surface area contributed by atoms with Gasteiger partial charge in [0.25, 0.3) is 0 Å². The maximum Gasteiger partial charge on any atom is 0.335 e. The van der Waals surface area contributed by atoms with E-state index < -0.39 is 59.4 Å². The number of carboxylic acid groups (broad SMARTS) is 2. The monoisotopic (exact) mass is 446 g/mol. The van der Waals surface area contributed by atoms with Crippen molar-refractivity contribution in [2.24, 2.45) is 0 Å². The van der Waals surface area contributed by atoms with Gasteiger partial charge < -0.3 is 40.9 Å². The van der Waals surface area contributed by atoms with Gasteiger partial charge in [-0.1, -0.05) is 36.4 Å². The van der Waals surface area contributed by atoms with Crippen LogP contribution < -0.4 is 0 Å². The summed E-state index contributed by atoms with van der Waals surface area (Å²) in [6, 6.07) is 10.6. The summed E-state index contributed by atoms with van der Waals surface area (Å²) in [6.45, 7) is -1.07. The van der Waals surface area contributed by atoms with Crippen LogP contribution in [0.3, 0.4) is 0 Å². The molecule has 170 valence electrons. The van der Waals surface area contributed by atoms with Crippen molar-refractivity contribution < 1.29 is 50.4 Å². The van der Waals surface area contributed by atoms with Crippen LogP contribution in [-0.4, -0.2) is 88.4 Å². The van der Waals surface area contributed by atoms with Gasteiger partial charge in [-0.3, -0.25) is 0 Å². The maximum atomic E-state index is 11.7. The predicted octanol–water partition coefficient (Wildman–Crippen LogP) is -1.12. The number of aromatic carboxylic acids is 2. The van der Waals surface area contributed by atoms with Gasteiger partial charge in [-0.05, 0) is 23.3 Å². The smallest absolute Gasteiger partial charge is 0.335 e. The summed E-state index contributed by atoms with van der Waals surface area (Å²) in [7, 11) is 0. The molecule has 0 saturated heterocycles. The molecule has 2 fully saturated rings. The number of carboxylic acids is 2. The molecule has 3 unspecified atom stereocenters. The first kappa shape index (κ1) is 22.3. The summed E-state index contributed by atoms with van der Waals surface area (Å²) in [5.74, 6) is -6.07. The number of fused-ring (bicyclic) bond motifs is 1. The number of carbonyl (C=O) groups is 2. The molecule has 0 spiro atoms. The Morgan fingerprint density at radius 3 is 1.84 bits per heavy atom. The molecular weight excluding hydrogens is 424 g/mol. The summed E-state index contributed by atoms with van der Waals surface area (Å²) in [5.41, 5.74) is -8.90. The first-order valence-corrected chi connectivity index (χ1v) is 9.78. The van der Waals surface area contributed by atoms with Gasteiger partial charge in [0.2, 0.25) is 0 Å². The summed E-state index contributed by atoms with van der Waals surface area (Å²) in [6.07, 6.45) is -3.89. The lowest BCUT2D eigenvalue weighted by molar-refractivity contribution is -0.459. The SMILES string of the molecule is O=C(O)c1ccccc1C1C(O)[C@@]2(O)C(c3ccccc3C(=O)O)[C@@](O)([C@H](O)CO)[C@@]12O. The number of aliphatic hydroxyl groups is 6. The fraction of sp³-hybridized carbons (Fsp3) is 0.364. The third-order valence-corrected chi connectivity index (χ3v) is 7.03. The van der Waals surface area contributed by atoms with Gasteiger partial charge in [-0.15, -0.1) is 0 Å². The van der Waals surface area contributed by atoms with Crippen molar-refractivity contribution in [2.45, 2.75) is 40.8 Å². The van der Waals surface area contributed by atoms with Crippen molar-refractivity contribution in [2.75, 3.05) is 6.61 Å². The minimum Gasteiger partial charge on any atom is -0.478 e. The van der Waals surface area contributed by atoms with Crippen LogP contribution in [0.25, 0.3) is 0 Å². The number of hydrogen-bond donors (Lipinski definition) is 8. The molecule has 7 atom stereocenters. The maximum absolute atomic E-state index is 11.7. The quantitative estimate of drug-likeness (QED) is 0.269. The average Bonchev–Trinajstić information content (AvgIpc) is 2.78. The van der Waals surface area contributed by atoms with Crippen LogP contribution in [0.2, 0.25) is 0 Å². The van der Waals surface area contributed by atoms with Gasteiger partial charge in [0, 0.05) is 5.92 Å². The minimum atomic E-state index is -2.72. The second kappa shape index (κ2) is 7.07. The molecule has 0 radical (unpaired) electrons.